The van der Waals surface area contributed by atoms with Crippen LogP contribution in [0, 0.1) is 0 Å². The standard InChI is InChI=1S/C22H18N4O5S/c1-27-15-7-14(8-16(10-15)28-2)22-23-20(31-26-22)11-32-21-6-4-17(24-25-21)13-3-5-18-19(9-13)30-12-29-18/h3-10H,11-12H2,1-2H3. The number of hydrogen-bond donors (Lipinski definition) is 0. The highest BCUT2D eigenvalue weighted by molar-refractivity contribution is 7.98. The Kier molecular flexibility index (Phi) is 5.51. The van der Waals surface area contributed by atoms with Crippen LogP contribution in [0.25, 0.3) is 22.6 Å². The van der Waals surface area contributed by atoms with Gasteiger partial charge in [-0.2, -0.15) is 4.98 Å². The molecule has 1 aliphatic heterocycles. The number of thioether (sulfide) groups is 1. The summed E-state index contributed by atoms with van der Waals surface area (Å²) in [6, 6.07) is 14.9. The van der Waals surface area contributed by atoms with Gasteiger partial charge in [-0.3, -0.25) is 0 Å². The fourth-order valence-electron chi connectivity index (χ4n) is 3.11. The van der Waals surface area contributed by atoms with Crippen molar-refractivity contribution in [3.63, 3.8) is 0 Å². The zero-order valence-corrected chi connectivity index (χ0v) is 18.1. The molecule has 3 heterocycles. The number of rotatable bonds is 7. The van der Waals surface area contributed by atoms with Crippen LogP contribution in [0.2, 0.25) is 0 Å². The highest BCUT2D eigenvalue weighted by Crippen LogP contribution is 2.35. The van der Waals surface area contributed by atoms with Crippen molar-refractivity contribution < 1.29 is 23.5 Å². The molecule has 2 aromatic heterocycles. The molecule has 10 heteroatoms. The van der Waals surface area contributed by atoms with Crippen molar-refractivity contribution in [3.05, 3.63) is 54.4 Å². The van der Waals surface area contributed by atoms with Gasteiger partial charge in [-0.25, -0.2) is 0 Å². The van der Waals surface area contributed by atoms with Crippen LogP contribution >= 0.6 is 11.8 Å². The van der Waals surface area contributed by atoms with Crippen molar-refractivity contribution in [1.82, 2.24) is 20.3 Å². The Labute approximate surface area is 187 Å². The molecule has 0 unspecified atom stereocenters. The van der Waals surface area contributed by atoms with E-state index in [4.69, 9.17) is 23.5 Å². The maximum atomic E-state index is 5.42. The topological polar surface area (TPSA) is 102 Å². The molecule has 5 rings (SSSR count). The van der Waals surface area contributed by atoms with E-state index in [-0.39, 0.29) is 6.79 Å². The van der Waals surface area contributed by atoms with Crippen LogP contribution in [0.15, 0.2) is 58.1 Å². The van der Waals surface area contributed by atoms with Crippen molar-refractivity contribution in [1.29, 1.82) is 0 Å². The molecule has 0 spiro atoms. The van der Waals surface area contributed by atoms with Crippen molar-refractivity contribution in [2.24, 2.45) is 0 Å². The Balaban J connectivity index is 1.25. The van der Waals surface area contributed by atoms with Crippen LogP contribution in [0.4, 0.5) is 0 Å². The highest BCUT2D eigenvalue weighted by atomic mass is 32.2. The van der Waals surface area contributed by atoms with E-state index in [1.54, 1.807) is 20.3 Å². The van der Waals surface area contributed by atoms with Crippen molar-refractivity contribution in [3.8, 4) is 45.6 Å². The van der Waals surface area contributed by atoms with E-state index in [9.17, 15) is 0 Å². The summed E-state index contributed by atoms with van der Waals surface area (Å²) >= 11 is 1.46. The molecule has 0 saturated carbocycles. The predicted molar refractivity (Wildman–Crippen MR) is 116 cm³/mol. The van der Waals surface area contributed by atoms with Crippen LogP contribution < -0.4 is 18.9 Å². The van der Waals surface area contributed by atoms with Gasteiger partial charge in [-0.05, 0) is 42.5 Å². The molecular formula is C22H18N4O5S. The molecule has 9 nitrogen and oxygen atoms in total. The van der Waals surface area contributed by atoms with Gasteiger partial charge >= 0.3 is 0 Å². The number of methoxy groups -OCH3 is 2. The summed E-state index contributed by atoms with van der Waals surface area (Å²) in [6.45, 7) is 0.239. The molecular weight excluding hydrogens is 432 g/mol. The lowest BCUT2D eigenvalue weighted by molar-refractivity contribution is 0.174. The van der Waals surface area contributed by atoms with Crippen LogP contribution in [0.5, 0.6) is 23.0 Å². The number of hydrogen-bond acceptors (Lipinski definition) is 10. The second-order valence-electron chi connectivity index (χ2n) is 6.73. The predicted octanol–water partition coefficient (Wildman–Crippen LogP) is 4.23. The van der Waals surface area contributed by atoms with Crippen LogP contribution in [0.1, 0.15) is 5.89 Å². The molecule has 0 amide bonds. The zero-order valence-electron chi connectivity index (χ0n) is 17.3. The minimum Gasteiger partial charge on any atom is -0.497 e. The molecule has 0 bridgehead atoms. The Hall–Kier alpha value is -3.79. The molecule has 1 aliphatic rings. The van der Waals surface area contributed by atoms with Crippen molar-refractivity contribution in [2.75, 3.05) is 21.0 Å². The Bertz CT molecular complexity index is 1220. The first kappa shape index (κ1) is 20.1. The Morgan fingerprint density at radius 1 is 0.875 bits per heavy atom. The van der Waals surface area contributed by atoms with Crippen molar-refractivity contribution in [2.45, 2.75) is 10.8 Å². The van der Waals surface area contributed by atoms with E-state index in [2.05, 4.69) is 20.3 Å². The minimum atomic E-state index is 0.239. The van der Waals surface area contributed by atoms with Gasteiger partial charge < -0.3 is 23.5 Å². The summed E-state index contributed by atoms with van der Waals surface area (Å²) in [5, 5.41) is 13.4. The zero-order chi connectivity index (χ0) is 21.9. The summed E-state index contributed by atoms with van der Waals surface area (Å²) in [4.78, 5) is 4.46. The van der Waals surface area contributed by atoms with E-state index >= 15 is 0 Å². The second kappa shape index (κ2) is 8.75. The summed E-state index contributed by atoms with van der Waals surface area (Å²) in [7, 11) is 3.19. The summed E-state index contributed by atoms with van der Waals surface area (Å²) in [6.07, 6.45) is 0. The Morgan fingerprint density at radius 3 is 2.44 bits per heavy atom. The molecule has 0 N–H and O–H groups in total. The molecule has 0 fully saturated rings. The third-order valence-corrected chi connectivity index (χ3v) is 5.63. The van der Waals surface area contributed by atoms with Gasteiger partial charge in [0.15, 0.2) is 11.5 Å². The molecule has 0 saturated heterocycles. The first-order valence-corrected chi connectivity index (χ1v) is 10.6. The average molecular weight is 450 g/mol. The fraction of sp³-hybridized carbons (Fsp3) is 0.182. The minimum absolute atomic E-state index is 0.239. The molecule has 2 aromatic carbocycles. The fourth-order valence-corrected chi connectivity index (χ4v) is 3.76. The monoisotopic (exact) mass is 450 g/mol. The highest BCUT2D eigenvalue weighted by Gasteiger charge is 2.15. The van der Waals surface area contributed by atoms with Gasteiger partial charge in [0, 0.05) is 17.2 Å². The molecule has 4 aromatic rings. The number of aromatic nitrogens is 4. The SMILES string of the molecule is COc1cc(OC)cc(-c2noc(CSc3ccc(-c4ccc5c(c4)OCO5)nn3)n2)c1. The number of ether oxygens (including phenoxy) is 4. The van der Waals surface area contributed by atoms with E-state index in [0.29, 0.717) is 34.7 Å². The van der Waals surface area contributed by atoms with Gasteiger partial charge in [-0.15, -0.1) is 10.2 Å². The van der Waals surface area contributed by atoms with Gasteiger partial charge in [-0.1, -0.05) is 16.9 Å². The van der Waals surface area contributed by atoms with Gasteiger partial charge in [0.05, 0.1) is 25.7 Å². The van der Waals surface area contributed by atoms with E-state index in [0.717, 1.165) is 27.6 Å². The summed E-state index contributed by atoms with van der Waals surface area (Å²) < 4.78 is 26.7. The third kappa shape index (κ3) is 4.17. The van der Waals surface area contributed by atoms with Gasteiger partial charge in [0.1, 0.15) is 16.5 Å². The normalized spacial score (nSPS) is 12.1. The number of nitrogens with zero attached hydrogens (tertiary/aromatic N) is 4. The van der Waals surface area contributed by atoms with Crippen molar-refractivity contribution >= 4 is 11.8 Å². The van der Waals surface area contributed by atoms with Gasteiger partial charge in [0.2, 0.25) is 18.5 Å². The lowest BCUT2D eigenvalue weighted by Crippen LogP contribution is -1.93. The molecule has 32 heavy (non-hydrogen) atoms. The second-order valence-corrected chi connectivity index (χ2v) is 7.72. The van der Waals surface area contributed by atoms with Crippen LogP contribution in [0.3, 0.4) is 0 Å². The number of benzene rings is 2. The molecule has 0 radical (unpaired) electrons. The lowest BCUT2D eigenvalue weighted by Gasteiger charge is -2.05. The van der Waals surface area contributed by atoms with E-state index in [1.165, 1.54) is 11.8 Å². The van der Waals surface area contributed by atoms with Crippen LogP contribution in [-0.2, 0) is 5.75 Å². The summed E-state index contributed by atoms with van der Waals surface area (Å²) in [5.74, 6) is 4.15. The third-order valence-electron chi connectivity index (χ3n) is 4.73. The van der Waals surface area contributed by atoms with Gasteiger partial charge in [0.25, 0.3) is 0 Å². The molecule has 162 valence electrons. The lowest BCUT2D eigenvalue weighted by atomic mass is 10.1. The quantitative estimate of drug-likeness (QED) is 0.380. The largest absolute Gasteiger partial charge is 0.497 e. The smallest absolute Gasteiger partial charge is 0.237 e. The van der Waals surface area contributed by atoms with E-state index in [1.807, 2.05) is 42.5 Å². The van der Waals surface area contributed by atoms with E-state index < -0.39 is 0 Å². The maximum absolute atomic E-state index is 5.42. The Morgan fingerprint density at radius 2 is 1.69 bits per heavy atom. The maximum Gasteiger partial charge on any atom is 0.237 e. The molecule has 0 atom stereocenters. The summed E-state index contributed by atoms with van der Waals surface area (Å²) in [5.41, 5.74) is 2.40. The first-order chi connectivity index (χ1) is 15.7. The average Bonchev–Trinajstić information content (AvgIpc) is 3.52. The number of fused-ring (bicyclic) bond motifs is 1. The molecule has 0 aliphatic carbocycles. The van der Waals surface area contributed by atoms with Crippen LogP contribution in [-0.4, -0.2) is 41.4 Å². The first-order valence-electron chi connectivity index (χ1n) is 9.64.